The number of ether oxygens (including phenoxy) is 6. The van der Waals surface area contributed by atoms with Crippen molar-refractivity contribution in [3.8, 4) is 23.0 Å². The number of benzene rings is 4. The van der Waals surface area contributed by atoms with E-state index in [0.29, 0.717) is 70.4 Å². The molecule has 2 aliphatic heterocycles. The highest BCUT2D eigenvalue weighted by atomic mass is 16.5. The second-order valence-electron chi connectivity index (χ2n) is 14.2. The fraction of sp³-hybridized carbons (Fsp3) is 0.400. The van der Waals surface area contributed by atoms with Crippen LogP contribution in [0.15, 0.2) is 97.1 Å². The molecule has 3 heterocycles. The summed E-state index contributed by atoms with van der Waals surface area (Å²) in [4.78, 5) is 29.8. The number of tetrazole rings is 1. The molecule has 5 aromatic rings. The number of para-hydroxylation sites is 6. The molecule has 0 unspecified atom stereocenters. The monoisotopic (exact) mass is 822 g/mol. The van der Waals surface area contributed by atoms with Gasteiger partial charge in [0.15, 0.2) is 18.0 Å². The molecule has 2 amide bonds. The number of unbranched alkanes of at least 4 members (excludes halogenated alkanes) is 2. The van der Waals surface area contributed by atoms with Crippen LogP contribution in [0.5, 0.6) is 23.0 Å². The van der Waals surface area contributed by atoms with E-state index in [-0.39, 0.29) is 18.4 Å². The number of carbonyl (C=O) groups excluding carboxylic acids is 2. The Morgan fingerprint density at radius 3 is 1.62 bits per heavy atom. The van der Waals surface area contributed by atoms with Gasteiger partial charge in [0.05, 0.1) is 31.2 Å². The summed E-state index contributed by atoms with van der Waals surface area (Å²) >= 11 is 0. The van der Waals surface area contributed by atoms with E-state index in [9.17, 15) is 14.7 Å². The smallest absolute Gasteiger partial charge is 0.268 e. The Bertz CT molecular complexity index is 2080. The van der Waals surface area contributed by atoms with Crippen molar-refractivity contribution in [3.63, 3.8) is 0 Å². The minimum atomic E-state index is -0.586. The number of aromatic nitrogens is 4. The number of aliphatic hydroxyl groups excluding tert-OH is 1. The lowest BCUT2D eigenvalue weighted by Crippen LogP contribution is -2.47. The third kappa shape index (κ3) is 11.8. The Morgan fingerprint density at radius 2 is 1.12 bits per heavy atom. The molecule has 7 rings (SSSR count). The number of aliphatic hydroxyl groups is 1. The first-order chi connectivity index (χ1) is 29.5. The molecule has 60 heavy (non-hydrogen) atoms. The molecule has 2 aliphatic rings. The first-order valence-corrected chi connectivity index (χ1v) is 20.4. The molecule has 2 atom stereocenters. The van der Waals surface area contributed by atoms with Crippen molar-refractivity contribution in [1.82, 2.24) is 20.6 Å². The molecule has 15 nitrogen and oxygen atoms in total. The van der Waals surface area contributed by atoms with Crippen LogP contribution in [0.2, 0.25) is 0 Å². The summed E-state index contributed by atoms with van der Waals surface area (Å²) in [6, 6.07) is 30.3. The number of anilines is 2. The molecule has 4 aromatic carbocycles. The Labute approximate surface area is 350 Å². The highest BCUT2D eigenvalue weighted by molar-refractivity contribution is 6.00. The van der Waals surface area contributed by atoms with Crippen LogP contribution in [0, 0.1) is 0 Å². The summed E-state index contributed by atoms with van der Waals surface area (Å²) in [5.41, 5.74) is 3.31. The number of carbonyl (C=O) groups is 2. The first kappa shape index (κ1) is 43.5. The van der Waals surface area contributed by atoms with Crippen molar-refractivity contribution in [3.05, 3.63) is 114 Å². The van der Waals surface area contributed by atoms with Gasteiger partial charge in [0.25, 0.3) is 11.8 Å². The summed E-state index contributed by atoms with van der Waals surface area (Å²) < 4.78 is 34.0. The van der Waals surface area contributed by atoms with Crippen molar-refractivity contribution in [1.29, 1.82) is 0 Å². The highest BCUT2D eigenvalue weighted by Gasteiger charge is 2.35. The Kier molecular flexibility index (Phi) is 16.6. The number of aromatic amines is 1. The summed E-state index contributed by atoms with van der Waals surface area (Å²) in [6.07, 6.45) is 3.73. The summed E-state index contributed by atoms with van der Waals surface area (Å²) in [6.45, 7) is 3.22. The van der Waals surface area contributed by atoms with Gasteiger partial charge in [-0.2, -0.15) is 5.21 Å². The van der Waals surface area contributed by atoms with Gasteiger partial charge in [-0.1, -0.05) is 65.9 Å². The third-order valence-electron chi connectivity index (χ3n) is 10.0. The van der Waals surface area contributed by atoms with Crippen molar-refractivity contribution in [2.75, 3.05) is 63.5 Å². The zero-order valence-electron chi connectivity index (χ0n) is 34.2. The Morgan fingerprint density at radius 1 is 0.633 bits per heavy atom. The van der Waals surface area contributed by atoms with Gasteiger partial charge >= 0.3 is 0 Å². The van der Waals surface area contributed by atoms with Crippen molar-refractivity contribution >= 4 is 23.2 Å². The van der Waals surface area contributed by atoms with Crippen molar-refractivity contribution in [2.45, 2.75) is 63.8 Å². The van der Waals surface area contributed by atoms with Gasteiger partial charge in [-0.25, -0.2) is 0 Å². The van der Waals surface area contributed by atoms with Gasteiger partial charge in [0.2, 0.25) is 0 Å². The van der Waals surface area contributed by atoms with Gasteiger partial charge in [-0.05, 0) is 62.1 Å². The second-order valence-corrected chi connectivity index (χ2v) is 14.2. The Hall–Kier alpha value is -6.03. The van der Waals surface area contributed by atoms with Crippen LogP contribution in [0.1, 0.15) is 55.5 Å². The topological polar surface area (TPSA) is 171 Å². The van der Waals surface area contributed by atoms with Gasteiger partial charge in [0, 0.05) is 70.9 Å². The number of hydrogen-bond donors (Lipinski definition) is 2. The Balaban J connectivity index is 0.000000203. The minimum Gasteiger partial charge on any atom is -0.493 e. The van der Waals surface area contributed by atoms with Crippen LogP contribution in [0.4, 0.5) is 11.4 Å². The predicted molar refractivity (Wildman–Crippen MR) is 225 cm³/mol. The third-order valence-corrected chi connectivity index (χ3v) is 10.0. The van der Waals surface area contributed by atoms with Gasteiger partial charge in [-0.15, -0.1) is 10.2 Å². The normalized spacial score (nSPS) is 15.6. The molecule has 0 saturated heterocycles. The lowest BCUT2D eigenvalue weighted by Gasteiger charge is -2.34. The standard InChI is InChI=1S/C23H27N5O4.C22H27NO5/c1-30-14-7-6-13-28-18-9-3-5-11-20(18)32-21(23(28)29)12-15-31-19-10-4-2-8-17(19)16-22-24-26-27-25-22;1-26-14-7-6-13-23-18-9-3-5-11-20(18)28-21(22(23)25)12-15-27-19-10-4-2-8-17(19)16-24/h2-5,8-11,21H,6-7,12-16H2,1H3,(H,24,25,26,27);2-5,8-11,21,24H,6-7,12-16H2,1H3/t2*21-/m11/s1. The number of fused-ring (bicyclic) bond motifs is 2. The van der Waals surface area contributed by atoms with Crippen LogP contribution in [-0.2, 0) is 32.1 Å². The minimum absolute atomic E-state index is 0.0372. The zero-order valence-corrected chi connectivity index (χ0v) is 34.2. The maximum Gasteiger partial charge on any atom is 0.268 e. The van der Waals surface area contributed by atoms with E-state index >= 15 is 0 Å². The zero-order chi connectivity index (χ0) is 41.9. The molecule has 0 radical (unpaired) electrons. The number of methoxy groups -OCH3 is 2. The molecular weight excluding hydrogens is 769 g/mol. The molecule has 318 valence electrons. The van der Waals surface area contributed by atoms with Crippen LogP contribution in [0.3, 0.4) is 0 Å². The molecule has 0 spiro atoms. The highest BCUT2D eigenvalue weighted by Crippen LogP contribution is 2.36. The number of rotatable bonds is 21. The van der Waals surface area contributed by atoms with E-state index in [4.69, 9.17) is 28.4 Å². The fourth-order valence-electron chi connectivity index (χ4n) is 6.96. The predicted octanol–water partition coefficient (Wildman–Crippen LogP) is 5.95. The van der Waals surface area contributed by atoms with E-state index < -0.39 is 12.2 Å². The SMILES string of the molecule is COCCCCN1C(=O)[C@@H](CCOc2ccccc2CO)Oc2ccccc21.COCCCCN1C(=O)[C@@H](CCOc2ccccc2Cc2nn[nH]n2)Oc2ccccc21. The average Bonchev–Trinajstić information content (AvgIpc) is 3.80. The van der Waals surface area contributed by atoms with E-state index in [1.807, 2.05) is 102 Å². The summed E-state index contributed by atoms with van der Waals surface area (Å²) in [5, 5.41) is 23.5. The number of amides is 2. The maximum atomic E-state index is 13.2. The van der Waals surface area contributed by atoms with Gasteiger partial charge in [0.1, 0.15) is 23.0 Å². The fourth-order valence-corrected chi connectivity index (χ4v) is 6.96. The van der Waals surface area contributed by atoms with Gasteiger partial charge < -0.3 is 43.3 Å². The number of nitrogens with zero attached hydrogens (tertiary/aromatic N) is 5. The summed E-state index contributed by atoms with van der Waals surface area (Å²) in [5.74, 6) is 3.31. The first-order valence-electron chi connectivity index (χ1n) is 20.4. The van der Waals surface area contributed by atoms with Crippen LogP contribution >= 0.6 is 0 Å². The van der Waals surface area contributed by atoms with E-state index in [2.05, 4.69) is 20.6 Å². The molecule has 0 bridgehead atoms. The van der Waals surface area contributed by atoms with E-state index in [1.54, 1.807) is 19.1 Å². The van der Waals surface area contributed by atoms with Gasteiger partial charge in [-0.3, -0.25) is 9.59 Å². The second kappa shape index (κ2) is 22.9. The lowest BCUT2D eigenvalue weighted by atomic mass is 10.1. The number of nitrogens with one attached hydrogen (secondary N) is 1. The van der Waals surface area contributed by atoms with E-state index in [1.165, 1.54) is 0 Å². The van der Waals surface area contributed by atoms with Crippen LogP contribution < -0.4 is 28.7 Å². The molecule has 0 saturated carbocycles. The summed E-state index contributed by atoms with van der Waals surface area (Å²) in [7, 11) is 3.37. The molecule has 2 N–H and O–H groups in total. The van der Waals surface area contributed by atoms with Crippen molar-refractivity contribution in [2.24, 2.45) is 0 Å². The lowest BCUT2D eigenvalue weighted by molar-refractivity contribution is -0.127. The maximum absolute atomic E-state index is 13.2. The molecule has 15 heteroatoms. The van der Waals surface area contributed by atoms with Crippen molar-refractivity contribution < 1.29 is 43.1 Å². The quantitative estimate of drug-likeness (QED) is 0.0836. The number of H-pyrrole nitrogens is 1. The largest absolute Gasteiger partial charge is 0.493 e. The number of hydrogen-bond acceptors (Lipinski definition) is 12. The van der Waals surface area contributed by atoms with Crippen LogP contribution in [0.25, 0.3) is 0 Å². The molecule has 0 aliphatic carbocycles. The van der Waals surface area contributed by atoms with E-state index in [0.717, 1.165) is 65.4 Å². The molecular formula is C45H54N6O9. The average molecular weight is 823 g/mol. The molecule has 0 fully saturated rings. The van der Waals surface area contributed by atoms with Crippen LogP contribution in [-0.4, -0.2) is 103 Å². The molecule has 1 aromatic heterocycles.